The van der Waals surface area contributed by atoms with Crippen LogP contribution in [0.25, 0.3) is 22.3 Å². The normalized spacial score (nSPS) is 10.7. The second kappa shape index (κ2) is 5.72. The zero-order valence-corrected chi connectivity index (χ0v) is 12.5. The molecular formula is C20H16F2. The predicted octanol–water partition coefficient (Wildman–Crippen LogP) is 5.92. The van der Waals surface area contributed by atoms with E-state index in [1.165, 1.54) is 17.7 Å². The number of aryl methyl sites for hydroxylation is 2. The third-order valence-electron chi connectivity index (χ3n) is 3.74. The van der Waals surface area contributed by atoms with Gasteiger partial charge in [0.2, 0.25) is 0 Å². The van der Waals surface area contributed by atoms with Crippen molar-refractivity contribution in [1.82, 2.24) is 0 Å². The maximum absolute atomic E-state index is 14.0. The Morgan fingerprint density at radius 3 is 1.45 bits per heavy atom. The first-order chi connectivity index (χ1) is 10.5. The summed E-state index contributed by atoms with van der Waals surface area (Å²) in [6.45, 7) is 3.71. The van der Waals surface area contributed by atoms with Crippen LogP contribution in [0.2, 0.25) is 0 Å². The Bertz CT molecular complexity index is 777. The van der Waals surface area contributed by atoms with Crippen LogP contribution >= 0.6 is 0 Å². The molecule has 0 unspecified atom stereocenters. The molecule has 0 saturated heterocycles. The van der Waals surface area contributed by atoms with Crippen LogP contribution < -0.4 is 0 Å². The SMILES string of the molecule is Cc1ccc(-c2ccc(-c3c(F)cc(C)cc3F)cc2)cc1. The van der Waals surface area contributed by atoms with Crippen LogP contribution in [0.4, 0.5) is 8.78 Å². The summed E-state index contributed by atoms with van der Waals surface area (Å²) in [5.74, 6) is -1.05. The number of rotatable bonds is 2. The van der Waals surface area contributed by atoms with E-state index in [1.807, 2.05) is 43.3 Å². The highest BCUT2D eigenvalue weighted by Crippen LogP contribution is 2.29. The molecule has 110 valence electrons. The summed E-state index contributed by atoms with van der Waals surface area (Å²) >= 11 is 0. The van der Waals surface area contributed by atoms with Crippen LogP contribution in [0.5, 0.6) is 0 Å². The highest BCUT2D eigenvalue weighted by Gasteiger charge is 2.12. The van der Waals surface area contributed by atoms with E-state index in [1.54, 1.807) is 19.1 Å². The molecule has 0 fully saturated rings. The van der Waals surface area contributed by atoms with Crippen molar-refractivity contribution in [2.45, 2.75) is 13.8 Å². The molecule has 3 aromatic rings. The van der Waals surface area contributed by atoms with Gasteiger partial charge in [0.1, 0.15) is 11.6 Å². The molecule has 0 aliphatic rings. The molecule has 0 heterocycles. The van der Waals surface area contributed by atoms with E-state index in [4.69, 9.17) is 0 Å². The van der Waals surface area contributed by atoms with Crippen molar-refractivity contribution in [1.29, 1.82) is 0 Å². The van der Waals surface area contributed by atoms with Gasteiger partial charge in [-0.15, -0.1) is 0 Å². The van der Waals surface area contributed by atoms with Gasteiger partial charge in [0.25, 0.3) is 0 Å². The lowest BCUT2D eigenvalue weighted by Crippen LogP contribution is -1.92. The summed E-state index contributed by atoms with van der Waals surface area (Å²) in [4.78, 5) is 0. The first kappa shape index (κ1) is 14.5. The minimum absolute atomic E-state index is 0.0288. The van der Waals surface area contributed by atoms with Crippen molar-refractivity contribution in [3.8, 4) is 22.3 Å². The van der Waals surface area contributed by atoms with Crippen molar-refractivity contribution < 1.29 is 8.78 Å². The summed E-state index contributed by atoms with van der Waals surface area (Å²) < 4.78 is 28.0. The van der Waals surface area contributed by atoms with Crippen LogP contribution in [-0.4, -0.2) is 0 Å². The molecule has 3 aromatic carbocycles. The van der Waals surface area contributed by atoms with E-state index in [9.17, 15) is 8.78 Å². The van der Waals surface area contributed by atoms with E-state index in [-0.39, 0.29) is 5.56 Å². The molecule has 0 nitrogen and oxygen atoms in total. The zero-order chi connectivity index (χ0) is 15.7. The Balaban J connectivity index is 2.00. The van der Waals surface area contributed by atoms with Crippen LogP contribution in [0.1, 0.15) is 11.1 Å². The van der Waals surface area contributed by atoms with Gasteiger partial charge in [-0.3, -0.25) is 0 Å². The van der Waals surface area contributed by atoms with Crippen molar-refractivity contribution in [3.05, 3.63) is 83.4 Å². The summed E-state index contributed by atoms with van der Waals surface area (Å²) in [6.07, 6.45) is 0. The lowest BCUT2D eigenvalue weighted by molar-refractivity contribution is 0.588. The molecule has 22 heavy (non-hydrogen) atoms. The van der Waals surface area contributed by atoms with Crippen molar-refractivity contribution in [3.63, 3.8) is 0 Å². The van der Waals surface area contributed by atoms with E-state index in [0.717, 1.165) is 11.1 Å². The molecule has 0 saturated carbocycles. The second-order valence-electron chi connectivity index (χ2n) is 5.55. The van der Waals surface area contributed by atoms with Crippen LogP contribution in [-0.2, 0) is 0 Å². The average molecular weight is 294 g/mol. The Labute approximate surface area is 129 Å². The van der Waals surface area contributed by atoms with Crippen LogP contribution in [0.15, 0.2) is 60.7 Å². The highest BCUT2D eigenvalue weighted by molar-refractivity contribution is 5.71. The van der Waals surface area contributed by atoms with Gasteiger partial charge in [-0.05, 0) is 48.2 Å². The topological polar surface area (TPSA) is 0 Å². The maximum Gasteiger partial charge on any atom is 0.134 e. The Kier molecular flexibility index (Phi) is 3.76. The summed E-state index contributed by atoms with van der Waals surface area (Å²) in [7, 11) is 0. The Morgan fingerprint density at radius 1 is 0.545 bits per heavy atom. The van der Waals surface area contributed by atoms with E-state index in [2.05, 4.69) is 0 Å². The number of hydrogen-bond acceptors (Lipinski definition) is 0. The monoisotopic (exact) mass is 294 g/mol. The molecule has 0 N–H and O–H groups in total. The van der Waals surface area contributed by atoms with E-state index < -0.39 is 11.6 Å². The zero-order valence-electron chi connectivity index (χ0n) is 12.5. The quantitative estimate of drug-likeness (QED) is 0.550. The molecule has 0 spiro atoms. The first-order valence-electron chi connectivity index (χ1n) is 7.18. The lowest BCUT2D eigenvalue weighted by atomic mass is 9.98. The van der Waals surface area contributed by atoms with Gasteiger partial charge >= 0.3 is 0 Å². The second-order valence-corrected chi connectivity index (χ2v) is 5.55. The van der Waals surface area contributed by atoms with E-state index in [0.29, 0.717) is 11.1 Å². The van der Waals surface area contributed by atoms with Crippen molar-refractivity contribution in [2.75, 3.05) is 0 Å². The van der Waals surface area contributed by atoms with Crippen LogP contribution in [0, 0.1) is 25.5 Å². The highest BCUT2D eigenvalue weighted by atomic mass is 19.1. The third kappa shape index (κ3) is 2.77. The fraction of sp³-hybridized carbons (Fsp3) is 0.100. The average Bonchev–Trinajstić information content (AvgIpc) is 2.48. The predicted molar refractivity (Wildman–Crippen MR) is 86.7 cm³/mol. The summed E-state index contributed by atoms with van der Waals surface area (Å²) in [5.41, 5.74) is 4.46. The minimum atomic E-state index is -0.527. The molecule has 0 aliphatic heterocycles. The molecule has 3 rings (SSSR count). The third-order valence-corrected chi connectivity index (χ3v) is 3.74. The Morgan fingerprint density at radius 2 is 0.955 bits per heavy atom. The van der Waals surface area contributed by atoms with Crippen molar-refractivity contribution in [2.24, 2.45) is 0 Å². The maximum atomic E-state index is 14.0. The molecule has 0 atom stereocenters. The van der Waals surface area contributed by atoms with E-state index >= 15 is 0 Å². The van der Waals surface area contributed by atoms with Gasteiger partial charge in [-0.2, -0.15) is 0 Å². The number of halogens is 2. The molecule has 2 heteroatoms. The van der Waals surface area contributed by atoms with Crippen LogP contribution in [0.3, 0.4) is 0 Å². The smallest absolute Gasteiger partial charge is 0.134 e. The summed E-state index contributed by atoms with van der Waals surface area (Å²) in [5, 5.41) is 0. The van der Waals surface area contributed by atoms with Gasteiger partial charge in [0.15, 0.2) is 0 Å². The molecule has 0 radical (unpaired) electrons. The first-order valence-corrected chi connectivity index (χ1v) is 7.18. The Hall–Kier alpha value is -2.48. The van der Waals surface area contributed by atoms with Gasteiger partial charge < -0.3 is 0 Å². The fourth-order valence-corrected chi connectivity index (χ4v) is 2.55. The number of hydrogen-bond donors (Lipinski definition) is 0. The van der Waals surface area contributed by atoms with Crippen molar-refractivity contribution >= 4 is 0 Å². The molecular weight excluding hydrogens is 278 g/mol. The lowest BCUT2D eigenvalue weighted by Gasteiger charge is -2.08. The summed E-state index contributed by atoms with van der Waals surface area (Å²) in [6, 6.07) is 18.2. The van der Waals surface area contributed by atoms with Gasteiger partial charge in [-0.1, -0.05) is 54.1 Å². The largest absolute Gasteiger partial charge is 0.206 e. The molecule has 0 bridgehead atoms. The van der Waals surface area contributed by atoms with Gasteiger partial charge in [0, 0.05) is 0 Å². The number of benzene rings is 3. The fourth-order valence-electron chi connectivity index (χ4n) is 2.55. The molecule has 0 aromatic heterocycles. The van der Waals surface area contributed by atoms with Gasteiger partial charge in [0.05, 0.1) is 5.56 Å². The molecule has 0 aliphatic carbocycles. The standard InChI is InChI=1S/C20H16F2/c1-13-3-5-15(6-4-13)16-7-9-17(10-8-16)20-18(21)11-14(2)12-19(20)22/h3-12H,1-2H3. The van der Waals surface area contributed by atoms with Gasteiger partial charge in [-0.25, -0.2) is 8.78 Å². The minimum Gasteiger partial charge on any atom is -0.206 e. The molecule has 0 amide bonds.